The van der Waals surface area contributed by atoms with E-state index in [0.717, 1.165) is 89.1 Å². The second kappa shape index (κ2) is 15.3. The Morgan fingerprint density at radius 3 is 1.63 bits per heavy atom. The molecule has 3 heteroatoms. The molecule has 12 rings (SSSR count). The van der Waals surface area contributed by atoms with Crippen LogP contribution in [0.5, 0.6) is 0 Å². The van der Waals surface area contributed by atoms with Crippen LogP contribution < -0.4 is 4.90 Å². The fraction of sp³-hybridized carbons (Fsp3) is 0. The molecule has 0 spiro atoms. The predicted octanol–water partition coefficient (Wildman–Crippen LogP) is 16.8. The number of anilines is 3. The second-order valence-corrected chi connectivity index (χ2v) is 16.0. The molecule has 2 heterocycles. The Morgan fingerprint density at radius 1 is 0.317 bits per heavy atom. The zero-order chi connectivity index (χ0) is 41.7. The molecule has 10 aromatic carbocycles. The smallest absolute Gasteiger partial charge is 0.143 e. The van der Waals surface area contributed by atoms with Crippen molar-refractivity contribution in [2.45, 2.75) is 0 Å². The van der Waals surface area contributed by atoms with Crippen LogP contribution in [-0.2, 0) is 0 Å². The lowest BCUT2D eigenvalue weighted by atomic mass is 9.94. The van der Waals surface area contributed by atoms with Gasteiger partial charge in [0.05, 0.1) is 28.1 Å². The molecule has 0 saturated heterocycles. The minimum absolute atomic E-state index is 0.877. The van der Waals surface area contributed by atoms with E-state index in [9.17, 15) is 0 Å². The monoisotopic (exact) mass is 804 g/mol. The highest BCUT2D eigenvalue weighted by Gasteiger charge is 2.26. The van der Waals surface area contributed by atoms with Gasteiger partial charge in [-0.1, -0.05) is 188 Å². The van der Waals surface area contributed by atoms with Crippen molar-refractivity contribution in [3.63, 3.8) is 0 Å². The zero-order valence-corrected chi connectivity index (χ0v) is 34.4. The van der Waals surface area contributed by atoms with Crippen molar-refractivity contribution in [2.24, 2.45) is 0 Å². The molecular formula is C60H40N2O. The van der Waals surface area contributed by atoms with Crippen LogP contribution in [0, 0.1) is 0 Å². The van der Waals surface area contributed by atoms with Crippen LogP contribution in [0.25, 0.3) is 93.9 Å². The summed E-state index contributed by atoms with van der Waals surface area (Å²) in [4.78, 5) is 2.49. The lowest BCUT2D eigenvalue weighted by Gasteiger charge is -2.31. The zero-order valence-electron chi connectivity index (χ0n) is 34.4. The summed E-state index contributed by atoms with van der Waals surface area (Å²) in [6, 6.07) is 87.2. The standard InChI is InChI=1S/C60H40N2O/c1-4-18-41(19-5-1)42-34-36-43(37-35-42)45-38-39-55(52(40-45)44-20-6-2-7-21-44)62(53-29-13-10-24-47(53)49-27-16-28-50-48-25-12-15-33-58(48)63-60(49)50)57-32-17-31-56-59(57)51-26-11-14-30-54(51)61(56)46-22-8-3-9-23-46/h1-40H. The summed E-state index contributed by atoms with van der Waals surface area (Å²) in [6.45, 7) is 0. The van der Waals surface area contributed by atoms with Gasteiger partial charge < -0.3 is 13.9 Å². The molecule has 0 unspecified atom stereocenters. The first-order valence-electron chi connectivity index (χ1n) is 21.5. The van der Waals surface area contributed by atoms with Gasteiger partial charge in [0.25, 0.3) is 0 Å². The minimum atomic E-state index is 0.877. The van der Waals surface area contributed by atoms with E-state index in [1.54, 1.807) is 0 Å². The SMILES string of the molecule is c1ccc(-c2ccc(-c3ccc(N(c4ccccc4-c4cccc5c4oc4ccccc45)c4cccc5c4c4ccccc4n5-c4ccccc4)c(-c4ccccc4)c3)cc2)cc1. The maximum Gasteiger partial charge on any atom is 0.143 e. The van der Waals surface area contributed by atoms with E-state index in [1.165, 1.54) is 21.9 Å². The Bertz CT molecular complexity index is 3600. The number of para-hydroxylation sites is 5. The molecule has 0 bridgehead atoms. The van der Waals surface area contributed by atoms with Gasteiger partial charge in [-0.15, -0.1) is 0 Å². The summed E-state index contributed by atoms with van der Waals surface area (Å²) >= 11 is 0. The van der Waals surface area contributed by atoms with Gasteiger partial charge in [0.15, 0.2) is 0 Å². The maximum atomic E-state index is 6.74. The van der Waals surface area contributed by atoms with Crippen molar-refractivity contribution in [3.8, 4) is 50.2 Å². The lowest BCUT2D eigenvalue weighted by molar-refractivity contribution is 0.670. The normalized spacial score (nSPS) is 11.5. The van der Waals surface area contributed by atoms with Gasteiger partial charge in [-0.2, -0.15) is 0 Å². The van der Waals surface area contributed by atoms with Gasteiger partial charge in [0.1, 0.15) is 11.2 Å². The Morgan fingerprint density at radius 2 is 0.841 bits per heavy atom. The molecule has 3 nitrogen and oxygen atoms in total. The van der Waals surface area contributed by atoms with Crippen LogP contribution in [-0.4, -0.2) is 4.57 Å². The fourth-order valence-electron chi connectivity index (χ4n) is 9.53. The van der Waals surface area contributed by atoms with Gasteiger partial charge in [0, 0.05) is 43.9 Å². The Labute approximate surface area is 366 Å². The van der Waals surface area contributed by atoms with Crippen LogP contribution >= 0.6 is 0 Å². The first kappa shape index (κ1) is 36.5. The van der Waals surface area contributed by atoms with Crippen LogP contribution in [0.4, 0.5) is 17.1 Å². The van der Waals surface area contributed by atoms with Gasteiger partial charge in [-0.05, 0) is 82.4 Å². The molecule has 63 heavy (non-hydrogen) atoms. The molecule has 0 aliphatic rings. The number of hydrogen-bond acceptors (Lipinski definition) is 2. The number of benzene rings is 10. The van der Waals surface area contributed by atoms with Gasteiger partial charge in [-0.25, -0.2) is 0 Å². The van der Waals surface area contributed by atoms with Crippen LogP contribution in [0.3, 0.4) is 0 Å². The Hall–Kier alpha value is -8.40. The highest BCUT2D eigenvalue weighted by atomic mass is 16.3. The third-order valence-electron chi connectivity index (χ3n) is 12.4. The second-order valence-electron chi connectivity index (χ2n) is 16.0. The lowest BCUT2D eigenvalue weighted by Crippen LogP contribution is -2.13. The maximum absolute atomic E-state index is 6.74. The van der Waals surface area contributed by atoms with E-state index in [4.69, 9.17) is 4.42 Å². The Balaban J connectivity index is 1.15. The first-order valence-corrected chi connectivity index (χ1v) is 21.5. The van der Waals surface area contributed by atoms with Crippen molar-refractivity contribution < 1.29 is 4.42 Å². The van der Waals surface area contributed by atoms with Crippen molar-refractivity contribution in [1.82, 2.24) is 4.57 Å². The number of hydrogen-bond donors (Lipinski definition) is 0. The van der Waals surface area contributed by atoms with Gasteiger partial charge >= 0.3 is 0 Å². The van der Waals surface area contributed by atoms with Gasteiger partial charge in [0.2, 0.25) is 0 Å². The van der Waals surface area contributed by atoms with Crippen molar-refractivity contribution in [2.75, 3.05) is 4.90 Å². The van der Waals surface area contributed by atoms with E-state index >= 15 is 0 Å². The molecule has 0 N–H and O–H groups in total. The topological polar surface area (TPSA) is 21.3 Å². The average Bonchev–Trinajstić information content (AvgIpc) is 3.92. The quantitative estimate of drug-likeness (QED) is 0.153. The van der Waals surface area contributed by atoms with E-state index in [0.29, 0.717) is 0 Å². The molecule has 0 atom stereocenters. The van der Waals surface area contributed by atoms with Crippen molar-refractivity contribution in [1.29, 1.82) is 0 Å². The number of furan rings is 1. The summed E-state index contributed by atoms with van der Waals surface area (Å²) in [5.41, 5.74) is 17.5. The fourth-order valence-corrected chi connectivity index (χ4v) is 9.53. The van der Waals surface area contributed by atoms with Crippen molar-refractivity contribution in [3.05, 3.63) is 243 Å². The molecule has 0 radical (unpaired) electrons. The summed E-state index contributed by atoms with van der Waals surface area (Å²) in [7, 11) is 0. The van der Waals surface area contributed by atoms with Crippen LogP contribution in [0.2, 0.25) is 0 Å². The number of fused-ring (bicyclic) bond motifs is 6. The first-order chi connectivity index (χ1) is 31.3. The van der Waals surface area contributed by atoms with E-state index in [1.807, 2.05) is 6.07 Å². The molecule has 296 valence electrons. The van der Waals surface area contributed by atoms with Crippen LogP contribution in [0.1, 0.15) is 0 Å². The predicted molar refractivity (Wildman–Crippen MR) is 264 cm³/mol. The third-order valence-corrected chi connectivity index (χ3v) is 12.4. The molecule has 0 aliphatic carbocycles. The Kier molecular flexibility index (Phi) is 8.83. The van der Waals surface area contributed by atoms with Gasteiger partial charge in [-0.3, -0.25) is 0 Å². The number of rotatable bonds is 8. The molecule has 2 aromatic heterocycles. The van der Waals surface area contributed by atoms with Crippen LogP contribution in [0.15, 0.2) is 247 Å². The highest BCUT2D eigenvalue weighted by Crippen LogP contribution is 2.50. The number of nitrogens with zero attached hydrogens (tertiary/aromatic N) is 2. The third kappa shape index (κ3) is 6.21. The van der Waals surface area contributed by atoms with E-state index in [2.05, 4.69) is 246 Å². The summed E-state index contributed by atoms with van der Waals surface area (Å²) in [5.74, 6) is 0. The molecule has 0 fully saturated rings. The largest absolute Gasteiger partial charge is 0.455 e. The molecule has 0 amide bonds. The van der Waals surface area contributed by atoms with E-state index < -0.39 is 0 Å². The molecular weight excluding hydrogens is 765 g/mol. The summed E-state index contributed by atoms with van der Waals surface area (Å²) < 4.78 is 9.13. The summed E-state index contributed by atoms with van der Waals surface area (Å²) in [6.07, 6.45) is 0. The van der Waals surface area contributed by atoms with E-state index in [-0.39, 0.29) is 0 Å². The molecule has 0 aliphatic heterocycles. The molecule has 0 saturated carbocycles. The minimum Gasteiger partial charge on any atom is -0.455 e. The average molecular weight is 805 g/mol. The summed E-state index contributed by atoms with van der Waals surface area (Å²) in [5, 5.41) is 4.57. The highest BCUT2D eigenvalue weighted by molar-refractivity contribution is 6.18. The molecule has 12 aromatic rings. The number of aromatic nitrogens is 1. The van der Waals surface area contributed by atoms with Crippen molar-refractivity contribution >= 4 is 60.8 Å².